The zero-order chi connectivity index (χ0) is 20.6. The molecule has 0 unspecified atom stereocenters. The molecule has 1 aromatic heterocycles. The fraction of sp³-hybridized carbons (Fsp3) is 0.227. The van der Waals surface area contributed by atoms with Gasteiger partial charge in [-0.1, -0.05) is 24.3 Å². The molecular formula is C22H24N4O3. The number of rotatable bonds is 8. The van der Waals surface area contributed by atoms with Gasteiger partial charge in [0.2, 0.25) is 11.8 Å². The topological polar surface area (TPSA) is 87.3 Å². The third-order valence-corrected chi connectivity index (χ3v) is 4.39. The number of para-hydroxylation sites is 2. The van der Waals surface area contributed by atoms with Crippen LogP contribution >= 0.6 is 0 Å². The molecule has 3 aromatic rings. The van der Waals surface area contributed by atoms with Gasteiger partial charge in [0.1, 0.15) is 11.6 Å². The highest BCUT2D eigenvalue weighted by Gasteiger charge is 2.10. The van der Waals surface area contributed by atoms with Crippen LogP contribution in [0.1, 0.15) is 11.4 Å². The number of carbonyl (C=O) groups excluding carboxylic acids is 2. The van der Waals surface area contributed by atoms with Crippen LogP contribution < -0.4 is 10.1 Å². The summed E-state index contributed by atoms with van der Waals surface area (Å²) in [5, 5.41) is 2.82. The van der Waals surface area contributed by atoms with Crippen molar-refractivity contribution in [2.75, 3.05) is 27.2 Å². The quantitative estimate of drug-likeness (QED) is 0.577. The number of benzene rings is 2. The standard InChI is InChI=1S/C22H24N4O3/c1-26(22(28)11-10-16-6-5-7-17(14-16)29-2)15-21(27)23-13-12-20-24-18-8-3-4-9-19(18)25-20/h3-11,14H,12-13,15H2,1-2H3,(H,23,27)(H,24,25)/b11-10+. The molecule has 2 amide bonds. The average molecular weight is 392 g/mol. The summed E-state index contributed by atoms with van der Waals surface area (Å²) in [4.78, 5) is 33.4. The molecule has 7 heteroatoms. The van der Waals surface area contributed by atoms with Gasteiger partial charge in [0, 0.05) is 26.1 Å². The molecule has 0 fully saturated rings. The minimum Gasteiger partial charge on any atom is -0.497 e. The SMILES string of the molecule is COc1cccc(/C=C/C(=O)N(C)CC(=O)NCCc2nc3ccccc3[nH]2)c1. The minimum atomic E-state index is -0.250. The molecule has 7 nitrogen and oxygen atoms in total. The van der Waals surface area contributed by atoms with Gasteiger partial charge in [-0.15, -0.1) is 0 Å². The summed E-state index contributed by atoms with van der Waals surface area (Å²) < 4.78 is 5.16. The van der Waals surface area contributed by atoms with Crippen LogP contribution in [0.25, 0.3) is 17.1 Å². The summed E-state index contributed by atoms with van der Waals surface area (Å²) >= 11 is 0. The Morgan fingerprint density at radius 2 is 2.03 bits per heavy atom. The first-order valence-electron chi connectivity index (χ1n) is 9.32. The van der Waals surface area contributed by atoms with E-state index in [0.717, 1.165) is 28.2 Å². The van der Waals surface area contributed by atoms with E-state index in [-0.39, 0.29) is 18.4 Å². The lowest BCUT2D eigenvalue weighted by atomic mass is 10.2. The molecule has 0 saturated carbocycles. The lowest BCUT2D eigenvalue weighted by Gasteiger charge is -2.14. The summed E-state index contributed by atoms with van der Waals surface area (Å²) in [6, 6.07) is 15.2. The number of aromatic amines is 1. The van der Waals surface area contributed by atoms with E-state index in [1.165, 1.54) is 11.0 Å². The molecule has 2 aromatic carbocycles. The predicted molar refractivity (Wildman–Crippen MR) is 112 cm³/mol. The van der Waals surface area contributed by atoms with Gasteiger partial charge in [-0.25, -0.2) is 4.98 Å². The second kappa shape index (κ2) is 9.54. The van der Waals surface area contributed by atoms with Crippen LogP contribution in [0, 0.1) is 0 Å². The second-order valence-corrected chi connectivity index (χ2v) is 6.60. The van der Waals surface area contributed by atoms with E-state index in [9.17, 15) is 9.59 Å². The van der Waals surface area contributed by atoms with Crippen molar-refractivity contribution in [3.8, 4) is 5.75 Å². The number of aromatic nitrogens is 2. The van der Waals surface area contributed by atoms with Gasteiger partial charge in [0.15, 0.2) is 0 Å². The maximum Gasteiger partial charge on any atom is 0.246 e. The summed E-state index contributed by atoms with van der Waals surface area (Å²) in [6.07, 6.45) is 3.73. The van der Waals surface area contributed by atoms with E-state index in [4.69, 9.17) is 4.74 Å². The molecule has 0 saturated heterocycles. The summed E-state index contributed by atoms with van der Waals surface area (Å²) in [5.74, 6) is 1.07. The number of fused-ring (bicyclic) bond motifs is 1. The van der Waals surface area contributed by atoms with Gasteiger partial charge in [0.05, 0.1) is 24.7 Å². The van der Waals surface area contributed by atoms with Gasteiger partial charge in [0.25, 0.3) is 0 Å². The first-order valence-corrected chi connectivity index (χ1v) is 9.32. The summed E-state index contributed by atoms with van der Waals surface area (Å²) in [6.45, 7) is 0.432. The number of likely N-dealkylation sites (N-methyl/N-ethyl adjacent to an activating group) is 1. The van der Waals surface area contributed by atoms with Crippen molar-refractivity contribution in [3.63, 3.8) is 0 Å². The third-order valence-electron chi connectivity index (χ3n) is 4.39. The highest BCUT2D eigenvalue weighted by molar-refractivity contribution is 5.94. The van der Waals surface area contributed by atoms with Crippen LogP contribution in [0.4, 0.5) is 0 Å². The Morgan fingerprint density at radius 1 is 1.21 bits per heavy atom. The van der Waals surface area contributed by atoms with Crippen LogP contribution in [-0.4, -0.2) is 53.9 Å². The lowest BCUT2D eigenvalue weighted by molar-refractivity contribution is -0.131. The zero-order valence-electron chi connectivity index (χ0n) is 16.5. The number of methoxy groups -OCH3 is 1. The van der Waals surface area contributed by atoms with Crippen molar-refractivity contribution >= 4 is 28.9 Å². The molecule has 3 rings (SSSR count). The molecular weight excluding hydrogens is 368 g/mol. The van der Waals surface area contributed by atoms with Crippen LogP contribution in [0.3, 0.4) is 0 Å². The molecule has 0 spiro atoms. The number of imidazole rings is 1. The molecule has 2 N–H and O–H groups in total. The number of H-pyrrole nitrogens is 1. The predicted octanol–water partition coefficient (Wildman–Crippen LogP) is 2.40. The molecule has 0 radical (unpaired) electrons. The van der Waals surface area contributed by atoms with Gasteiger partial charge in [-0.05, 0) is 35.9 Å². The van der Waals surface area contributed by atoms with E-state index >= 15 is 0 Å². The molecule has 1 heterocycles. The third kappa shape index (κ3) is 5.68. The minimum absolute atomic E-state index is 0.0125. The van der Waals surface area contributed by atoms with Gasteiger partial charge < -0.3 is 19.9 Å². The van der Waals surface area contributed by atoms with Crippen molar-refractivity contribution < 1.29 is 14.3 Å². The Balaban J connectivity index is 1.44. The normalized spacial score (nSPS) is 11.0. The Kier molecular flexibility index (Phi) is 6.63. The fourth-order valence-electron chi connectivity index (χ4n) is 2.83. The van der Waals surface area contributed by atoms with Crippen LogP contribution in [-0.2, 0) is 16.0 Å². The Hall–Kier alpha value is -3.61. The zero-order valence-corrected chi connectivity index (χ0v) is 16.5. The van der Waals surface area contributed by atoms with E-state index in [1.54, 1.807) is 20.2 Å². The van der Waals surface area contributed by atoms with E-state index < -0.39 is 0 Å². The first-order chi connectivity index (χ1) is 14.0. The number of hydrogen-bond acceptors (Lipinski definition) is 4. The van der Waals surface area contributed by atoms with Crippen molar-refractivity contribution in [3.05, 3.63) is 66.0 Å². The molecule has 29 heavy (non-hydrogen) atoms. The van der Waals surface area contributed by atoms with Crippen molar-refractivity contribution in [1.29, 1.82) is 0 Å². The molecule has 0 aliphatic heterocycles. The molecule has 0 atom stereocenters. The molecule has 0 aliphatic carbocycles. The number of carbonyl (C=O) groups is 2. The summed E-state index contributed by atoms with van der Waals surface area (Å²) in [7, 11) is 3.19. The Bertz CT molecular complexity index is 993. The van der Waals surface area contributed by atoms with E-state index in [2.05, 4.69) is 15.3 Å². The van der Waals surface area contributed by atoms with Gasteiger partial charge in [-0.2, -0.15) is 0 Å². The average Bonchev–Trinajstić information content (AvgIpc) is 3.14. The first kappa shape index (κ1) is 20.1. The lowest BCUT2D eigenvalue weighted by Crippen LogP contribution is -2.38. The van der Waals surface area contributed by atoms with E-state index in [1.807, 2.05) is 48.5 Å². The number of amides is 2. The Morgan fingerprint density at radius 3 is 2.83 bits per heavy atom. The van der Waals surface area contributed by atoms with Crippen LogP contribution in [0.5, 0.6) is 5.75 Å². The maximum atomic E-state index is 12.2. The largest absolute Gasteiger partial charge is 0.497 e. The van der Waals surface area contributed by atoms with Crippen LogP contribution in [0.15, 0.2) is 54.6 Å². The number of ether oxygens (including phenoxy) is 1. The van der Waals surface area contributed by atoms with Gasteiger partial charge in [-0.3, -0.25) is 9.59 Å². The number of nitrogens with zero attached hydrogens (tertiary/aromatic N) is 2. The second-order valence-electron chi connectivity index (χ2n) is 6.60. The molecule has 0 bridgehead atoms. The van der Waals surface area contributed by atoms with Crippen molar-refractivity contribution in [2.45, 2.75) is 6.42 Å². The van der Waals surface area contributed by atoms with E-state index in [0.29, 0.717) is 13.0 Å². The number of hydrogen-bond donors (Lipinski definition) is 2. The maximum absolute atomic E-state index is 12.2. The Labute approximate surface area is 169 Å². The number of nitrogens with one attached hydrogen (secondary N) is 2. The summed E-state index contributed by atoms with van der Waals surface area (Å²) in [5.41, 5.74) is 2.73. The smallest absolute Gasteiger partial charge is 0.246 e. The highest BCUT2D eigenvalue weighted by Crippen LogP contribution is 2.13. The monoisotopic (exact) mass is 392 g/mol. The molecule has 0 aliphatic rings. The highest BCUT2D eigenvalue weighted by atomic mass is 16.5. The van der Waals surface area contributed by atoms with Crippen molar-refractivity contribution in [2.24, 2.45) is 0 Å². The molecule has 150 valence electrons. The fourth-order valence-corrected chi connectivity index (χ4v) is 2.83. The van der Waals surface area contributed by atoms with Crippen LogP contribution in [0.2, 0.25) is 0 Å². The van der Waals surface area contributed by atoms with Gasteiger partial charge >= 0.3 is 0 Å². The van der Waals surface area contributed by atoms with Crippen molar-refractivity contribution in [1.82, 2.24) is 20.2 Å².